The maximum atomic E-state index is 16.5. The molecule has 0 unspecified atom stereocenters. The average Bonchev–Trinajstić information content (AvgIpc) is 2.98. The van der Waals surface area contributed by atoms with Gasteiger partial charge in [-0.2, -0.15) is 0 Å². The third kappa shape index (κ3) is 6.07. The lowest BCUT2D eigenvalue weighted by Gasteiger charge is -2.44. The van der Waals surface area contributed by atoms with Crippen molar-refractivity contribution >= 4 is 23.2 Å². The minimum atomic E-state index is -3.13. The molecule has 10 nitrogen and oxygen atoms in total. The number of hydrogen-bond acceptors (Lipinski definition) is 8. The van der Waals surface area contributed by atoms with Gasteiger partial charge in [0.25, 0.3) is 17.9 Å². The van der Waals surface area contributed by atoms with Gasteiger partial charge in [0.15, 0.2) is 5.82 Å². The van der Waals surface area contributed by atoms with Gasteiger partial charge in [-0.1, -0.05) is 0 Å². The Morgan fingerprint density at radius 2 is 1.65 bits per heavy atom. The fourth-order valence-electron chi connectivity index (χ4n) is 5.41. The first kappa shape index (κ1) is 30.4. The smallest absolute Gasteiger partial charge is 0.264 e. The van der Waals surface area contributed by atoms with E-state index in [0.29, 0.717) is 51.4 Å². The molecule has 2 saturated heterocycles. The molecule has 2 aliphatic heterocycles. The number of anilines is 3. The fourth-order valence-corrected chi connectivity index (χ4v) is 5.41. The minimum Gasteiger partial charge on any atom is -0.378 e. The number of aromatic nitrogens is 3. The second-order valence-corrected chi connectivity index (χ2v) is 10.9. The minimum absolute atomic E-state index is 0.00770. The van der Waals surface area contributed by atoms with E-state index in [1.54, 1.807) is 4.90 Å². The Bertz CT molecular complexity index is 1550. The van der Waals surface area contributed by atoms with E-state index in [0.717, 1.165) is 16.8 Å². The molecule has 2 atom stereocenters. The first-order chi connectivity index (χ1) is 20.5. The van der Waals surface area contributed by atoms with Crippen LogP contribution < -0.4 is 20.7 Å². The number of carbonyl (C=O) groups excluding carboxylic acids is 1. The second-order valence-electron chi connectivity index (χ2n) is 10.9. The van der Waals surface area contributed by atoms with E-state index in [9.17, 15) is 18.4 Å². The van der Waals surface area contributed by atoms with Crippen molar-refractivity contribution in [2.24, 2.45) is 7.05 Å². The van der Waals surface area contributed by atoms with Crippen LogP contribution in [0.15, 0.2) is 35.5 Å². The number of morpholine rings is 1. The number of benzene rings is 1. The van der Waals surface area contributed by atoms with Crippen LogP contribution in [0, 0.1) is 11.6 Å². The van der Waals surface area contributed by atoms with E-state index >= 15 is 8.78 Å². The van der Waals surface area contributed by atoms with E-state index in [1.807, 2.05) is 25.8 Å². The monoisotopic (exact) mass is 603 g/mol. The van der Waals surface area contributed by atoms with Gasteiger partial charge in [-0.3, -0.25) is 14.5 Å². The summed E-state index contributed by atoms with van der Waals surface area (Å²) in [5, 5.41) is 2.43. The molecule has 2 aliphatic rings. The van der Waals surface area contributed by atoms with Crippen molar-refractivity contribution in [2.75, 3.05) is 61.6 Å². The molecule has 1 aromatic carbocycles. The zero-order valence-corrected chi connectivity index (χ0v) is 24.3. The third-order valence-electron chi connectivity index (χ3n) is 8.10. The van der Waals surface area contributed by atoms with Crippen LogP contribution in [0.2, 0.25) is 0 Å². The molecule has 3 aromatic rings. The van der Waals surface area contributed by atoms with Gasteiger partial charge in [0.1, 0.15) is 11.5 Å². The van der Waals surface area contributed by atoms with Crippen LogP contribution in [-0.2, 0) is 11.8 Å². The van der Waals surface area contributed by atoms with E-state index in [-0.39, 0.29) is 29.0 Å². The molecule has 0 bridgehead atoms. The number of likely N-dealkylation sites (N-methyl/N-ethyl adjacent to an activating group) is 1. The second kappa shape index (κ2) is 12.3. The summed E-state index contributed by atoms with van der Waals surface area (Å²) in [4.78, 5) is 39.8. The van der Waals surface area contributed by atoms with Gasteiger partial charge in [0.2, 0.25) is 5.95 Å². The van der Waals surface area contributed by atoms with Crippen molar-refractivity contribution in [2.45, 2.75) is 32.4 Å². The number of nitrogens with one attached hydrogen (secondary N) is 1. The Morgan fingerprint density at radius 1 is 1.02 bits per heavy atom. The zero-order chi connectivity index (χ0) is 31.0. The van der Waals surface area contributed by atoms with Crippen LogP contribution in [0.1, 0.15) is 36.2 Å². The lowest BCUT2D eigenvalue weighted by Crippen LogP contribution is -2.55. The number of carbonyl (C=O) groups is 1. The number of aryl methyl sites for hydroxylation is 1. The average molecular weight is 604 g/mol. The summed E-state index contributed by atoms with van der Waals surface area (Å²) in [6, 6.07) is 1.81. The first-order valence-electron chi connectivity index (χ1n) is 13.9. The predicted molar refractivity (Wildman–Crippen MR) is 154 cm³/mol. The van der Waals surface area contributed by atoms with E-state index in [4.69, 9.17) is 4.74 Å². The lowest BCUT2D eigenvalue weighted by atomic mass is 10.0. The van der Waals surface area contributed by atoms with Gasteiger partial charge in [0, 0.05) is 87.2 Å². The molecule has 2 aromatic heterocycles. The molecule has 0 aliphatic carbocycles. The van der Waals surface area contributed by atoms with Crippen LogP contribution in [0.4, 0.5) is 34.9 Å². The molecule has 230 valence electrons. The Morgan fingerprint density at radius 3 is 2.26 bits per heavy atom. The first-order valence-corrected chi connectivity index (χ1v) is 13.9. The zero-order valence-electron chi connectivity index (χ0n) is 24.3. The summed E-state index contributed by atoms with van der Waals surface area (Å²) in [6.45, 7) is 6.86. The number of halogens is 4. The molecule has 1 N–H and O–H groups in total. The van der Waals surface area contributed by atoms with Crippen molar-refractivity contribution in [3.05, 3.63) is 63.8 Å². The van der Waals surface area contributed by atoms with Crippen LogP contribution in [0.25, 0.3) is 11.1 Å². The van der Waals surface area contributed by atoms with Crippen LogP contribution in [0.3, 0.4) is 0 Å². The predicted octanol–water partition coefficient (Wildman–Crippen LogP) is 3.68. The number of alkyl halides is 2. The molecule has 5 rings (SSSR count). The topological polar surface area (TPSA) is 95.8 Å². The highest BCUT2D eigenvalue weighted by Gasteiger charge is 2.32. The molecule has 4 heterocycles. The number of rotatable bonds is 6. The van der Waals surface area contributed by atoms with Gasteiger partial charge < -0.3 is 24.4 Å². The maximum absolute atomic E-state index is 16.5. The van der Waals surface area contributed by atoms with Crippen molar-refractivity contribution < 1.29 is 27.1 Å². The number of ether oxygens (including phenoxy) is 1. The summed E-state index contributed by atoms with van der Waals surface area (Å²) in [6.07, 6.45) is 0.433. The Balaban J connectivity index is 1.59. The van der Waals surface area contributed by atoms with E-state index in [1.165, 1.54) is 19.4 Å². The van der Waals surface area contributed by atoms with Gasteiger partial charge in [-0.15, -0.1) is 0 Å². The summed E-state index contributed by atoms with van der Waals surface area (Å²) >= 11 is 0. The molecule has 2 fully saturated rings. The van der Waals surface area contributed by atoms with Crippen LogP contribution in [-0.4, -0.2) is 83.9 Å². The quantitative estimate of drug-likeness (QED) is 0.427. The maximum Gasteiger partial charge on any atom is 0.264 e. The number of hydrogen-bond donors (Lipinski definition) is 1. The highest BCUT2D eigenvalue weighted by atomic mass is 19.3. The number of amides is 1. The van der Waals surface area contributed by atoms with E-state index in [2.05, 4.69) is 20.2 Å². The summed E-state index contributed by atoms with van der Waals surface area (Å²) in [7, 11) is 3.26. The van der Waals surface area contributed by atoms with Gasteiger partial charge in [-0.25, -0.2) is 27.5 Å². The normalized spacial score (nSPS) is 19.7. The third-order valence-corrected chi connectivity index (χ3v) is 8.10. The summed E-state index contributed by atoms with van der Waals surface area (Å²) < 4.78 is 66.2. The highest BCUT2D eigenvalue weighted by molar-refractivity contribution is 6.07. The SMILES string of the molecule is C[C@@H]1CN(c2cc(F)c(-c3cnc(N4CCOCC4)nc3)c(F)c2NC(=O)c2cn(C)c(=O)cc2C(F)F)C[C@H](C)N1C. The molecule has 14 heteroatoms. The molecular weight excluding hydrogens is 570 g/mol. The largest absolute Gasteiger partial charge is 0.378 e. The van der Waals surface area contributed by atoms with Crippen molar-refractivity contribution in [3.63, 3.8) is 0 Å². The molecule has 0 saturated carbocycles. The highest BCUT2D eigenvalue weighted by Crippen LogP contribution is 2.39. The summed E-state index contributed by atoms with van der Waals surface area (Å²) in [5.74, 6) is -2.69. The van der Waals surface area contributed by atoms with Gasteiger partial charge >= 0.3 is 0 Å². The Kier molecular flexibility index (Phi) is 8.69. The Labute approximate surface area is 245 Å². The van der Waals surface area contributed by atoms with Gasteiger partial charge in [-0.05, 0) is 20.9 Å². The van der Waals surface area contributed by atoms with Crippen molar-refractivity contribution in [3.8, 4) is 11.1 Å². The molecule has 0 radical (unpaired) electrons. The van der Waals surface area contributed by atoms with Crippen molar-refractivity contribution in [1.29, 1.82) is 0 Å². The van der Waals surface area contributed by atoms with Crippen LogP contribution in [0.5, 0.6) is 0 Å². The standard InChI is InChI=1S/C29H33F4N7O3/c1-16-13-40(14-17(2)38(16)4)22-10-21(30)24(18-11-34-29(35-12-18)39-5-7-43-8-6-39)25(31)26(22)36-28(42)20-15-37(3)23(41)9-19(20)27(32)33/h9-12,15-17,27H,5-8,13-14H2,1-4H3,(H,36,42)/t16-,17+. The lowest BCUT2D eigenvalue weighted by molar-refractivity contribution is 0.101. The molecule has 1 amide bonds. The van der Waals surface area contributed by atoms with Crippen LogP contribution >= 0.6 is 0 Å². The summed E-state index contributed by atoms with van der Waals surface area (Å²) in [5.41, 5.74) is -2.79. The van der Waals surface area contributed by atoms with E-state index < -0.39 is 46.2 Å². The number of nitrogens with zero attached hydrogens (tertiary/aromatic N) is 6. The van der Waals surface area contributed by atoms with Gasteiger partial charge in [0.05, 0.1) is 30.0 Å². The molecule has 0 spiro atoms. The fraction of sp³-hybridized carbons (Fsp3) is 0.448. The number of pyridine rings is 1. The Hall–Kier alpha value is -4.04. The van der Waals surface area contributed by atoms with Crippen molar-refractivity contribution in [1.82, 2.24) is 19.4 Å². The molecular formula is C29H33F4N7O3. The number of piperazine rings is 1. The molecule has 43 heavy (non-hydrogen) atoms.